The van der Waals surface area contributed by atoms with E-state index in [1.54, 1.807) is 6.92 Å². The highest BCUT2D eigenvalue weighted by Crippen LogP contribution is 2.25. The van der Waals surface area contributed by atoms with Gasteiger partial charge in [0.05, 0.1) is 5.57 Å². The van der Waals surface area contributed by atoms with Crippen LogP contribution in [-0.4, -0.2) is 43.1 Å². The van der Waals surface area contributed by atoms with Gasteiger partial charge in [-0.15, -0.1) is 0 Å². The molecule has 2 fully saturated rings. The van der Waals surface area contributed by atoms with Crippen LogP contribution in [0.15, 0.2) is 22.4 Å². The molecule has 6 nitrogen and oxygen atoms in total. The standard InChI is InChI=1S/C15H18N2O4/c1-10(14-13(18)8-20-9-21-15(14)19)12(7-16)11(2)17-5-3-4-6-17/h3-6,8-9H2,1-2H3/b12-11+,14-10+. The molecule has 0 bridgehead atoms. The van der Waals surface area contributed by atoms with Gasteiger partial charge in [-0.3, -0.25) is 4.79 Å². The summed E-state index contributed by atoms with van der Waals surface area (Å²) < 4.78 is 9.72. The van der Waals surface area contributed by atoms with Gasteiger partial charge in [0.15, 0.2) is 12.6 Å². The van der Waals surface area contributed by atoms with Crippen LogP contribution < -0.4 is 0 Å². The Morgan fingerprint density at radius 1 is 1.24 bits per heavy atom. The molecule has 0 aromatic rings. The molecule has 2 saturated heterocycles. The number of esters is 1. The number of ketones is 1. The lowest BCUT2D eigenvalue weighted by Gasteiger charge is -2.20. The summed E-state index contributed by atoms with van der Waals surface area (Å²) >= 11 is 0. The summed E-state index contributed by atoms with van der Waals surface area (Å²) in [6, 6.07) is 2.12. The lowest BCUT2D eigenvalue weighted by atomic mass is 9.97. The molecule has 0 amide bonds. The Morgan fingerprint density at radius 2 is 1.90 bits per heavy atom. The van der Waals surface area contributed by atoms with Gasteiger partial charge in [0, 0.05) is 18.8 Å². The molecule has 0 saturated carbocycles. The molecule has 2 rings (SSSR count). The Hall–Kier alpha value is -2.13. The second kappa shape index (κ2) is 6.55. The van der Waals surface area contributed by atoms with Crippen molar-refractivity contribution in [3.8, 4) is 6.07 Å². The first-order valence-electron chi connectivity index (χ1n) is 6.91. The van der Waals surface area contributed by atoms with Crippen molar-refractivity contribution >= 4 is 11.8 Å². The van der Waals surface area contributed by atoms with E-state index in [9.17, 15) is 14.9 Å². The smallest absolute Gasteiger partial charge is 0.344 e. The van der Waals surface area contributed by atoms with E-state index < -0.39 is 11.8 Å². The minimum atomic E-state index is -0.725. The van der Waals surface area contributed by atoms with E-state index in [1.165, 1.54) is 0 Å². The van der Waals surface area contributed by atoms with Crippen LogP contribution in [0.2, 0.25) is 0 Å². The molecular weight excluding hydrogens is 272 g/mol. The van der Waals surface area contributed by atoms with Gasteiger partial charge in [0.2, 0.25) is 0 Å². The van der Waals surface area contributed by atoms with Crippen molar-refractivity contribution in [2.45, 2.75) is 26.7 Å². The van der Waals surface area contributed by atoms with E-state index in [0.717, 1.165) is 31.6 Å². The van der Waals surface area contributed by atoms with Crippen LogP contribution >= 0.6 is 0 Å². The van der Waals surface area contributed by atoms with Crippen molar-refractivity contribution < 1.29 is 19.1 Å². The maximum atomic E-state index is 12.0. The maximum absolute atomic E-state index is 12.0. The molecule has 21 heavy (non-hydrogen) atoms. The van der Waals surface area contributed by atoms with Crippen molar-refractivity contribution in [2.24, 2.45) is 0 Å². The van der Waals surface area contributed by atoms with Gasteiger partial charge in [-0.25, -0.2) is 4.79 Å². The average molecular weight is 290 g/mol. The fraction of sp³-hybridized carbons (Fsp3) is 0.533. The SMILES string of the molecule is C/C(=C(C#N)\C(C)=C1/C(=O)COCOC1=O)N1CCCC1. The number of likely N-dealkylation sites (tertiary alicyclic amines) is 1. The Labute approximate surface area is 123 Å². The Bertz CT molecular complexity index is 543. The van der Waals surface area contributed by atoms with Crippen LogP contribution in [0.3, 0.4) is 0 Å². The number of allylic oxidation sites excluding steroid dienone is 3. The predicted octanol–water partition coefficient (Wildman–Crippen LogP) is 1.30. The second-order valence-corrected chi connectivity index (χ2v) is 5.09. The van der Waals surface area contributed by atoms with Crippen LogP contribution in [0.25, 0.3) is 0 Å². The molecule has 0 atom stereocenters. The number of ether oxygens (including phenoxy) is 2. The summed E-state index contributed by atoms with van der Waals surface area (Å²) in [5.74, 6) is -1.17. The van der Waals surface area contributed by atoms with Crippen LogP contribution in [-0.2, 0) is 19.1 Å². The van der Waals surface area contributed by atoms with Crippen molar-refractivity contribution in [3.05, 3.63) is 22.4 Å². The quantitative estimate of drug-likeness (QED) is 0.330. The van der Waals surface area contributed by atoms with E-state index in [0.29, 0.717) is 11.1 Å². The van der Waals surface area contributed by atoms with Crippen LogP contribution in [0.4, 0.5) is 0 Å². The number of hydrogen-bond donors (Lipinski definition) is 0. The zero-order valence-electron chi connectivity index (χ0n) is 12.3. The first-order valence-corrected chi connectivity index (χ1v) is 6.91. The molecule has 112 valence electrons. The van der Waals surface area contributed by atoms with Gasteiger partial charge in [-0.1, -0.05) is 0 Å². The van der Waals surface area contributed by atoms with Gasteiger partial charge in [0.1, 0.15) is 18.2 Å². The summed E-state index contributed by atoms with van der Waals surface area (Å²) in [6.45, 7) is 4.79. The first kappa shape index (κ1) is 15.3. The Kier molecular flexibility index (Phi) is 4.76. The number of carbonyl (C=O) groups excluding carboxylic acids is 2. The highest BCUT2D eigenvalue weighted by atomic mass is 16.7. The third-order valence-corrected chi connectivity index (χ3v) is 3.79. The number of rotatable bonds is 2. The minimum absolute atomic E-state index is 0.0809. The highest BCUT2D eigenvalue weighted by Gasteiger charge is 2.28. The lowest BCUT2D eigenvalue weighted by molar-refractivity contribution is -0.148. The van der Waals surface area contributed by atoms with Crippen molar-refractivity contribution in [1.29, 1.82) is 5.26 Å². The van der Waals surface area contributed by atoms with E-state index in [1.807, 2.05) is 6.92 Å². The van der Waals surface area contributed by atoms with E-state index in [2.05, 4.69) is 11.0 Å². The molecule has 6 heteroatoms. The Morgan fingerprint density at radius 3 is 2.52 bits per heavy atom. The van der Waals surface area contributed by atoms with Crippen LogP contribution in [0.5, 0.6) is 0 Å². The van der Waals surface area contributed by atoms with Gasteiger partial charge in [-0.2, -0.15) is 5.26 Å². The molecule has 0 aliphatic carbocycles. The van der Waals surface area contributed by atoms with Crippen molar-refractivity contribution in [2.75, 3.05) is 26.5 Å². The Balaban J connectivity index is 2.46. The summed E-state index contributed by atoms with van der Waals surface area (Å²) in [5.41, 5.74) is 1.44. The highest BCUT2D eigenvalue weighted by molar-refractivity contribution is 6.19. The number of nitrogens with zero attached hydrogens (tertiary/aromatic N) is 2. The zero-order valence-corrected chi connectivity index (χ0v) is 12.3. The number of cyclic esters (lactones) is 1. The number of carbonyl (C=O) groups is 2. The summed E-state index contributed by atoms with van der Waals surface area (Å²) in [6.07, 6.45) is 2.17. The predicted molar refractivity (Wildman–Crippen MR) is 73.7 cm³/mol. The minimum Gasteiger partial charge on any atom is -0.435 e. The van der Waals surface area contributed by atoms with Gasteiger partial charge in [0.25, 0.3) is 0 Å². The number of nitriles is 1. The zero-order chi connectivity index (χ0) is 15.4. The molecule has 0 radical (unpaired) electrons. The summed E-state index contributed by atoms with van der Waals surface area (Å²) in [7, 11) is 0. The molecule has 2 aliphatic heterocycles. The van der Waals surface area contributed by atoms with Crippen LogP contribution in [0, 0.1) is 11.3 Å². The van der Waals surface area contributed by atoms with Gasteiger partial charge >= 0.3 is 5.97 Å². The van der Waals surface area contributed by atoms with Crippen LogP contribution in [0.1, 0.15) is 26.7 Å². The summed E-state index contributed by atoms with van der Waals surface area (Å²) in [4.78, 5) is 26.0. The molecule has 0 aromatic carbocycles. The second-order valence-electron chi connectivity index (χ2n) is 5.09. The fourth-order valence-electron chi connectivity index (χ4n) is 2.62. The normalized spacial score (nSPS) is 23.2. The van der Waals surface area contributed by atoms with E-state index in [-0.39, 0.29) is 19.0 Å². The average Bonchev–Trinajstić information content (AvgIpc) is 2.93. The maximum Gasteiger partial charge on any atom is 0.344 e. The van der Waals surface area contributed by atoms with Gasteiger partial charge in [-0.05, 0) is 32.3 Å². The van der Waals surface area contributed by atoms with Gasteiger partial charge < -0.3 is 14.4 Å². The molecule has 0 N–H and O–H groups in total. The first-order chi connectivity index (χ1) is 10.1. The largest absolute Gasteiger partial charge is 0.435 e. The topological polar surface area (TPSA) is 79.6 Å². The lowest BCUT2D eigenvalue weighted by Crippen LogP contribution is -2.21. The van der Waals surface area contributed by atoms with Crippen molar-refractivity contribution in [3.63, 3.8) is 0 Å². The van der Waals surface area contributed by atoms with Crippen molar-refractivity contribution in [1.82, 2.24) is 4.90 Å². The molecule has 2 heterocycles. The molecule has 2 aliphatic rings. The third kappa shape index (κ3) is 3.14. The summed E-state index contributed by atoms with van der Waals surface area (Å²) in [5, 5.41) is 9.44. The molecule has 0 aromatic heterocycles. The fourth-order valence-corrected chi connectivity index (χ4v) is 2.62. The third-order valence-electron chi connectivity index (χ3n) is 3.79. The molecule has 0 unspecified atom stereocenters. The van der Waals surface area contributed by atoms with E-state index in [4.69, 9.17) is 9.47 Å². The molecule has 0 spiro atoms. The molecular formula is C15H18N2O4. The number of hydrogen-bond acceptors (Lipinski definition) is 6. The monoisotopic (exact) mass is 290 g/mol. The van der Waals surface area contributed by atoms with E-state index >= 15 is 0 Å². The number of Topliss-reactive ketones (excluding diaryl/α,β-unsaturated/α-hetero) is 1.